The van der Waals surface area contributed by atoms with Crippen molar-refractivity contribution in [3.05, 3.63) is 35.0 Å². The third-order valence-electron chi connectivity index (χ3n) is 3.76. The highest BCUT2D eigenvalue weighted by atomic mass is 35.5. The van der Waals surface area contributed by atoms with E-state index in [0.29, 0.717) is 17.2 Å². The predicted molar refractivity (Wildman–Crippen MR) is 95.5 cm³/mol. The average molecular weight is 347 g/mol. The van der Waals surface area contributed by atoms with Crippen LogP contribution < -0.4 is 16.4 Å². The molecule has 0 spiro atoms. The van der Waals surface area contributed by atoms with Gasteiger partial charge in [0, 0.05) is 18.5 Å². The summed E-state index contributed by atoms with van der Waals surface area (Å²) in [7, 11) is 0. The largest absolute Gasteiger partial charge is 0.369 e. The summed E-state index contributed by atoms with van der Waals surface area (Å²) in [6.45, 7) is 3.17. The van der Waals surface area contributed by atoms with Gasteiger partial charge < -0.3 is 16.4 Å². The number of hydrogen-bond acceptors (Lipinski definition) is 4. The van der Waals surface area contributed by atoms with E-state index in [4.69, 9.17) is 17.3 Å². The molecule has 0 unspecified atom stereocenters. The number of nitrogens with two attached hydrogens (primary N) is 1. The van der Waals surface area contributed by atoms with Gasteiger partial charge in [0.05, 0.1) is 11.2 Å². The van der Waals surface area contributed by atoms with Gasteiger partial charge in [-0.3, -0.25) is 0 Å². The van der Waals surface area contributed by atoms with Gasteiger partial charge >= 0.3 is 6.03 Å². The Balaban J connectivity index is 1.81. The number of urea groups is 1. The van der Waals surface area contributed by atoms with Gasteiger partial charge in [-0.1, -0.05) is 23.7 Å². The molecule has 2 amide bonds. The van der Waals surface area contributed by atoms with Crippen molar-refractivity contribution in [2.75, 3.05) is 18.4 Å². The van der Waals surface area contributed by atoms with Crippen molar-refractivity contribution in [1.29, 1.82) is 0 Å². The molecule has 1 aromatic carbocycles. The first kappa shape index (κ1) is 16.3. The molecule has 3 aromatic rings. The van der Waals surface area contributed by atoms with Gasteiger partial charge in [-0.05, 0) is 31.9 Å². The lowest BCUT2D eigenvalue weighted by molar-refractivity contribution is 0.249. The third kappa shape index (κ3) is 3.21. The van der Waals surface area contributed by atoms with Crippen molar-refractivity contribution < 1.29 is 4.79 Å². The van der Waals surface area contributed by atoms with E-state index in [1.807, 2.05) is 31.2 Å². The molecule has 4 N–H and O–H groups in total. The Hall–Kier alpha value is -2.54. The van der Waals surface area contributed by atoms with Crippen LogP contribution in [0.2, 0.25) is 5.02 Å². The lowest BCUT2D eigenvalue weighted by Gasteiger charge is -2.10. The molecule has 0 aliphatic heterocycles. The molecule has 0 aliphatic rings. The number of amides is 2. The molecule has 126 valence electrons. The van der Waals surface area contributed by atoms with Crippen LogP contribution >= 0.6 is 11.6 Å². The summed E-state index contributed by atoms with van der Waals surface area (Å²) in [6, 6.07) is 7.44. The minimum Gasteiger partial charge on any atom is -0.369 e. The zero-order chi connectivity index (χ0) is 17.1. The Morgan fingerprint density at radius 1 is 1.29 bits per heavy atom. The van der Waals surface area contributed by atoms with Gasteiger partial charge in [-0.15, -0.1) is 0 Å². The van der Waals surface area contributed by atoms with E-state index >= 15 is 0 Å². The quantitative estimate of drug-likeness (QED) is 0.598. The fourth-order valence-corrected chi connectivity index (χ4v) is 2.75. The maximum absolute atomic E-state index is 10.6. The number of nitrogens with zero attached hydrogens (tertiary/aromatic N) is 3. The van der Waals surface area contributed by atoms with E-state index in [-0.39, 0.29) is 0 Å². The van der Waals surface area contributed by atoms with Gasteiger partial charge in [-0.2, -0.15) is 5.10 Å². The molecule has 2 aromatic heterocycles. The number of aryl methyl sites for hydroxylation is 1. The molecule has 7 nitrogen and oxygen atoms in total. The summed E-state index contributed by atoms with van der Waals surface area (Å²) < 4.78 is 1.77. The van der Waals surface area contributed by atoms with Crippen LogP contribution in [0.3, 0.4) is 0 Å². The first-order valence-electron chi connectivity index (χ1n) is 7.78. The number of rotatable bonds is 6. The average Bonchev–Trinajstić information content (AvgIpc) is 2.86. The van der Waals surface area contributed by atoms with Crippen molar-refractivity contribution >= 4 is 40.0 Å². The van der Waals surface area contributed by atoms with Crippen LogP contribution in [0.15, 0.2) is 24.3 Å². The Kier molecular flexibility index (Phi) is 4.71. The summed E-state index contributed by atoms with van der Waals surface area (Å²) in [4.78, 5) is 15.3. The van der Waals surface area contributed by atoms with Gasteiger partial charge in [0.15, 0.2) is 5.65 Å². The summed E-state index contributed by atoms with van der Waals surface area (Å²) in [5, 5.41) is 11.9. The molecule has 0 saturated heterocycles. The van der Waals surface area contributed by atoms with Crippen LogP contribution in [0.25, 0.3) is 16.6 Å². The molecular weight excluding hydrogens is 328 g/mol. The number of carbonyl (C=O) groups is 1. The number of anilines is 1. The standard InChI is InChI=1S/C16H19ClN6O/c1-10-13(17)15-21-14(19-8-4-5-9-20-16(18)24)11-6-2-3-7-12(11)23(15)22-10/h2-3,6-7H,4-5,8-9H2,1H3,(H,19,21)(H3,18,20,24). The van der Waals surface area contributed by atoms with Gasteiger partial charge in [0.2, 0.25) is 0 Å². The lowest BCUT2D eigenvalue weighted by atomic mass is 10.2. The first-order chi connectivity index (χ1) is 11.6. The van der Waals surface area contributed by atoms with Crippen molar-refractivity contribution in [2.24, 2.45) is 5.73 Å². The third-order valence-corrected chi connectivity index (χ3v) is 4.21. The highest BCUT2D eigenvalue weighted by Gasteiger charge is 2.14. The Morgan fingerprint density at radius 2 is 2.04 bits per heavy atom. The maximum Gasteiger partial charge on any atom is 0.312 e. The Bertz CT molecular complexity index is 891. The normalized spacial score (nSPS) is 11.1. The minimum absolute atomic E-state index is 0.494. The summed E-state index contributed by atoms with van der Waals surface area (Å²) >= 11 is 6.32. The first-order valence-corrected chi connectivity index (χ1v) is 8.16. The number of primary amides is 1. The second kappa shape index (κ2) is 6.92. The maximum atomic E-state index is 10.6. The number of halogens is 1. The number of nitrogens with one attached hydrogen (secondary N) is 2. The van der Waals surface area contributed by atoms with Crippen molar-refractivity contribution in [1.82, 2.24) is 19.9 Å². The second-order valence-electron chi connectivity index (χ2n) is 5.54. The molecule has 8 heteroatoms. The number of para-hydroxylation sites is 1. The highest BCUT2D eigenvalue weighted by molar-refractivity contribution is 6.34. The van der Waals surface area contributed by atoms with E-state index in [9.17, 15) is 4.79 Å². The number of carbonyl (C=O) groups excluding carboxylic acids is 1. The molecule has 0 aliphatic carbocycles. The number of fused-ring (bicyclic) bond motifs is 3. The molecule has 0 saturated carbocycles. The zero-order valence-corrected chi connectivity index (χ0v) is 14.1. The van der Waals surface area contributed by atoms with Crippen molar-refractivity contribution in [3.8, 4) is 0 Å². The molecule has 0 fully saturated rings. The number of benzene rings is 1. The lowest BCUT2D eigenvalue weighted by Crippen LogP contribution is -2.30. The second-order valence-corrected chi connectivity index (χ2v) is 5.92. The van der Waals surface area contributed by atoms with Gasteiger partial charge in [0.25, 0.3) is 0 Å². The summed E-state index contributed by atoms with van der Waals surface area (Å²) in [5.74, 6) is 0.780. The van der Waals surface area contributed by atoms with E-state index in [1.165, 1.54) is 0 Å². The molecule has 3 rings (SSSR count). The van der Waals surface area contributed by atoms with Crippen LogP contribution in [-0.2, 0) is 0 Å². The Labute approximate surface area is 144 Å². The number of hydrogen-bond donors (Lipinski definition) is 3. The van der Waals surface area contributed by atoms with E-state index in [1.54, 1.807) is 4.52 Å². The van der Waals surface area contributed by atoms with Crippen LogP contribution in [-0.4, -0.2) is 33.7 Å². The zero-order valence-electron chi connectivity index (χ0n) is 13.3. The minimum atomic E-state index is -0.494. The molecule has 0 bridgehead atoms. The van der Waals surface area contributed by atoms with Gasteiger partial charge in [-0.25, -0.2) is 14.3 Å². The fraction of sp³-hybridized carbons (Fsp3) is 0.312. The smallest absolute Gasteiger partial charge is 0.312 e. The van der Waals surface area contributed by atoms with E-state index in [2.05, 4.69) is 20.7 Å². The van der Waals surface area contributed by atoms with Crippen molar-refractivity contribution in [2.45, 2.75) is 19.8 Å². The summed E-state index contributed by atoms with van der Waals surface area (Å²) in [6.07, 6.45) is 1.72. The van der Waals surface area contributed by atoms with Crippen molar-refractivity contribution in [3.63, 3.8) is 0 Å². The van der Waals surface area contributed by atoms with E-state index in [0.717, 1.165) is 41.8 Å². The molecule has 0 atom stereocenters. The highest BCUT2D eigenvalue weighted by Crippen LogP contribution is 2.28. The van der Waals surface area contributed by atoms with Gasteiger partial charge in [0.1, 0.15) is 10.8 Å². The van der Waals surface area contributed by atoms with Crippen LogP contribution in [0.4, 0.5) is 10.6 Å². The molecule has 2 heterocycles. The monoisotopic (exact) mass is 346 g/mol. The predicted octanol–water partition coefficient (Wildman–Crippen LogP) is 2.70. The summed E-state index contributed by atoms with van der Waals surface area (Å²) in [5.41, 5.74) is 7.39. The number of unbranched alkanes of at least 4 members (excludes halogenated alkanes) is 1. The SMILES string of the molecule is Cc1nn2c(nc(NCCCCNC(N)=O)c3ccccc32)c1Cl. The topological polar surface area (TPSA) is 97.3 Å². The molecule has 24 heavy (non-hydrogen) atoms. The van der Waals surface area contributed by atoms with Crippen LogP contribution in [0.1, 0.15) is 18.5 Å². The fourth-order valence-electron chi connectivity index (χ4n) is 2.59. The van der Waals surface area contributed by atoms with Crippen LogP contribution in [0.5, 0.6) is 0 Å². The Morgan fingerprint density at radius 3 is 2.83 bits per heavy atom. The molecular formula is C16H19ClN6O. The number of aromatic nitrogens is 3. The molecule has 0 radical (unpaired) electrons. The van der Waals surface area contributed by atoms with E-state index < -0.39 is 6.03 Å². The van der Waals surface area contributed by atoms with Crippen LogP contribution in [0, 0.1) is 6.92 Å².